The third-order valence-corrected chi connectivity index (χ3v) is 4.91. The molecule has 1 aliphatic heterocycles. The predicted molar refractivity (Wildman–Crippen MR) is 109 cm³/mol. The van der Waals surface area contributed by atoms with Crippen molar-refractivity contribution in [3.05, 3.63) is 35.4 Å². The zero-order valence-electron chi connectivity index (χ0n) is 17.5. The number of imide groups is 1. The first-order valence-corrected chi connectivity index (χ1v) is 9.80. The van der Waals surface area contributed by atoms with E-state index in [9.17, 15) is 14.4 Å². The molecular formula is C21H32N4O3. The van der Waals surface area contributed by atoms with E-state index in [4.69, 9.17) is 0 Å². The molecule has 1 saturated heterocycles. The lowest BCUT2D eigenvalue weighted by Gasteiger charge is -2.35. The Bertz CT molecular complexity index is 719. The fraction of sp³-hybridized carbons (Fsp3) is 0.571. The first-order chi connectivity index (χ1) is 13.1. The molecule has 0 aromatic heterocycles. The van der Waals surface area contributed by atoms with E-state index < -0.39 is 17.6 Å². The van der Waals surface area contributed by atoms with Gasteiger partial charge in [-0.05, 0) is 59.1 Å². The molecule has 0 unspecified atom stereocenters. The van der Waals surface area contributed by atoms with Gasteiger partial charge in [-0.3, -0.25) is 19.8 Å². The monoisotopic (exact) mass is 388 g/mol. The molecule has 0 bridgehead atoms. The van der Waals surface area contributed by atoms with Crippen molar-refractivity contribution >= 4 is 17.8 Å². The average molecular weight is 389 g/mol. The van der Waals surface area contributed by atoms with Crippen molar-refractivity contribution < 1.29 is 14.4 Å². The van der Waals surface area contributed by atoms with Crippen LogP contribution in [0.2, 0.25) is 0 Å². The number of piperidine rings is 1. The SMILES string of the molecule is Cc1ccccc1C(=O)NC1CCN([C@H](C)C(=O)NC(=O)NC(C)(C)C)CC1. The van der Waals surface area contributed by atoms with Crippen LogP contribution in [0.5, 0.6) is 0 Å². The second kappa shape index (κ2) is 9.19. The zero-order valence-corrected chi connectivity index (χ0v) is 17.5. The van der Waals surface area contributed by atoms with Gasteiger partial charge < -0.3 is 10.6 Å². The summed E-state index contributed by atoms with van der Waals surface area (Å²) in [4.78, 5) is 38.7. The highest BCUT2D eigenvalue weighted by Gasteiger charge is 2.28. The predicted octanol–water partition coefficient (Wildman–Crippen LogP) is 2.20. The molecule has 7 nitrogen and oxygen atoms in total. The van der Waals surface area contributed by atoms with Gasteiger partial charge in [0.05, 0.1) is 6.04 Å². The number of amides is 4. The van der Waals surface area contributed by atoms with Crippen molar-refractivity contribution in [1.29, 1.82) is 0 Å². The number of carbonyl (C=O) groups excluding carboxylic acids is 3. The summed E-state index contributed by atoms with van der Waals surface area (Å²) in [5.74, 6) is -0.370. The van der Waals surface area contributed by atoms with Gasteiger partial charge in [-0.2, -0.15) is 0 Å². The maximum absolute atomic E-state index is 12.5. The van der Waals surface area contributed by atoms with Gasteiger partial charge in [0.25, 0.3) is 5.91 Å². The summed E-state index contributed by atoms with van der Waals surface area (Å²) in [6.07, 6.45) is 1.53. The average Bonchev–Trinajstić information content (AvgIpc) is 2.60. The summed E-state index contributed by atoms with van der Waals surface area (Å²) in [6, 6.07) is 6.73. The molecule has 0 spiro atoms. The lowest BCUT2D eigenvalue weighted by Crippen LogP contribution is -2.55. The van der Waals surface area contributed by atoms with E-state index in [-0.39, 0.29) is 17.9 Å². The summed E-state index contributed by atoms with van der Waals surface area (Å²) in [5.41, 5.74) is 1.25. The third-order valence-electron chi connectivity index (χ3n) is 4.91. The Labute approximate surface area is 167 Å². The minimum Gasteiger partial charge on any atom is -0.349 e. The normalized spacial score (nSPS) is 16.9. The van der Waals surface area contributed by atoms with Gasteiger partial charge in [0, 0.05) is 30.2 Å². The van der Waals surface area contributed by atoms with E-state index >= 15 is 0 Å². The van der Waals surface area contributed by atoms with Gasteiger partial charge in [-0.1, -0.05) is 18.2 Å². The number of nitrogens with zero attached hydrogens (tertiary/aromatic N) is 1. The van der Waals surface area contributed by atoms with Crippen molar-refractivity contribution in [3.63, 3.8) is 0 Å². The largest absolute Gasteiger partial charge is 0.349 e. The Kier molecular flexibility index (Phi) is 7.18. The second-order valence-corrected chi connectivity index (χ2v) is 8.47. The maximum atomic E-state index is 12.5. The summed E-state index contributed by atoms with van der Waals surface area (Å²) in [7, 11) is 0. The number of benzene rings is 1. The molecule has 1 aromatic carbocycles. The number of carbonyl (C=O) groups is 3. The van der Waals surface area contributed by atoms with E-state index in [2.05, 4.69) is 16.0 Å². The molecule has 1 heterocycles. The Morgan fingerprint density at radius 2 is 1.71 bits per heavy atom. The first-order valence-electron chi connectivity index (χ1n) is 9.80. The van der Waals surface area contributed by atoms with Gasteiger partial charge in [0.15, 0.2) is 0 Å². The van der Waals surface area contributed by atoms with Crippen LogP contribution in [0.3, 0.4) is 0 Å². The van der Waals surface area contributed by atoms with Gasteiger partial charge in [0.1, 0.15) is 0 Å². The number of rotatable bonds is 4. The van der Waals surface area contributed by atoms with Crippen LogP contribution in [0.1, 0.15) is 56.5 Å². The second-order valence-electron chi connectivity index (χ2n) is 8.47. The first kappa shape index (κ1) is 21.9. The molecule has 1 aliphatic rings. The molecule has 3 N–H and O–H groups in total. The summed E-state index contributed by atoms with van der Waals surface area (Å²) in [6.45, 7) is 10.7. The van der Waals surface area contributed by atoms with Crippen LogP contribution in [0.4, 0.5) is 4.79 Å². The van der Waals surface area contributed by atoms with Crippen molar-refractivity contribution in [3.8, 4) is 0 Å². The Hall–Kier alpha value is -2.41. The minimum atomic E-state index is -0.482. The highest BCUT2D eigenvalue weighted by molar-refractivity contribution is 5.97. The van der Waals surface area contributed by atoms with Crippen molar-refractivity contribution in [2.75, 3.05) is 13.1 Å². The highest BCUT2D eigenvalue weighted by atomic mass is 16.2. The molecule has 1 atom stereocenters. The third kappa shape index (κ3) is 6.34. The van der Waals surface area contributed by atoms with Gasteiger partial charge in [-0.15, -0.1) is 0 Å². The summed E-state index contributed by atoms with van der Waals surface area (Å²) in [5, 5.41) is 8.22. The van der Waals surface area contributed by atoms with Crippen LogP contribution in [-0.4, -0.2) is 53.5 Å². The topological polar surface area (TPSA) is 90.5 Å². The van der Waals surface area contributed by atoms with Gasteiger partial charge >= 0.3 is 6.03 Å². The van der Waals surface area contributed by atoms with Crippen LogP contribution < -0.4 is 16.0 Å². The van der Waals surface area contributed by atoms with Crippen LogP contribution >= 0.6 is 0 Å². The number of likely N-dealkylation sites (tertiary alicyclic amines) is 1. The quantitative estimate of drug-likeness (QED) is 0.738. The lowest BCUT2D eigenvalue weighted by atomic mass is 10.0. The maximum Gasteiger partial charge on any atom is 0.321 e. The number of urea groups is 1. The molecule has 28 heavy (non-hydrogen) atoms. The zero-order chi connectivity index (χ0) is 20.9. The number of nitrogens with one attached hydrogen (secondary N) is 3. The Balaban J connectivity index is 1.81. The van der Waals surface area contributed by atoms with Crippen molar-refractivity contribution in [2.24, 2.45) is 0 Å². The van der Waals surface area contributed by atoms with Crippen LogP contribution in [0, 0.1) is 6.92 Å². The smallest absolute Gasteiger partial charge is 0.321 e. The number of aryl methyl sites for hydroxylation is 1. The van der Waals surface area contributed by atoms with Crippen LogP contribution in [0.15, 0.2) is 24.3 Å². The van der Waals surface area contributed by atoms with E-state index in [1.807, 2.05) is 56.9 Å². The molecular weight excluding hydrogens is 356 g/mol. The van der Waals surface area contributed by atoms with E-state index in [0.29, 0.717) is 18.7 Å². The highest BCUT2D eigenvalue weighted by Crippen LogP contribution is 2.15. The molecule has 1 aromatic rings. The number of hydrogen-bond acceptors (Lipinski definition) is 4. The lowest BCUT2D eigenvalue weighted by molar-refractivity contribution is -0.125. The summed E-state index contributed by atoms with van der Waals surface area (Å²) >= 11 is 0. The molecule has 154 valence electrons. The Morgan fingerprint density at radius 3 is 2.29 bits per heavy atom. The van der Waals surface area contributed by atoms with Crippen LogP contribution in [-0.2, 0) is 4.79 Å². The summed E-state index contributed by atoms with van der Waals surface area (Å²) < 4.78 is 0. The Morgan fingerprint density at radius 1 is 1.11 bits per heavy atom. The molecule has 7 heteroatoms. The molecule has 0 saturated carbocycles. The van der Waals surface area contributed by atoms with Crippen LogP contribution in [0.25, 0.3) is 0 Å². The molecule has 0 aliphatic carbocycles. The molecule has 2 rings (SSSR count). The van der Waals surface area contributed by atoms with Gasteiger partial charge in [-0.25, -0.2) is 4.79 Å². The van der Waals surface area contributed by atoms with E-state index in [1.165, 1.54) is 0 Å². The molecule has 0 radical (unpaired) electrons. The van der Waals surface area contributed by atoms with E-state index in [0.717, 1.165) is 18.4 Å². The van der Waals surface area contributed by atoms with Crippen molar-refractivity contribution in [1.82, 2.24) is 20.9 Å². The fourth-order valence-corrected chi connectivity index (χ4v) is 3.28. The van der Waals surface area contributed by atoms with E-state index in [1.54, 1.807) is 6.92 Å². The minimum absolute atomic E-state index is 0.0545. The molecule has 4 amide bonds. The van der Waals surface area contributed by atoms with Gasteiger partial charge in [0.2, 0.25) is 5.91 Å². The fourth-order valence-electron chi connectivity index (χ4n) is 3.28. The van der Waals surface area contributed by atoms with Crippen molar-refractivity contribution in [2.45, 2.75) is 65.1 Å². The standard InChI is InChI=1S/C21H32N4O3/c1-14-8-6-7-9-17(14)19(27)22-16-10-12-25(13-11-16)15(2)18(26)23-20(28)24-21(3,4)5/h6-9,15-16H,10-13H2,1-5H3,(H,22,27)(H2,23,24,26,28)/t15-/m1/s1. The number of hydrogen-bond donors (Lipinski definition) is 3. The molecule has 1 fully saturated rings.